The maximum atomic E-state index is 5.35. The number of halogens is 1. The highest BCUT2D eigenvalue weighted by molar-refractivity contribution is 14.0. The SMILES string of the molecule is CN=C(NCCOCCOC)NCc1ccccn1.I. The molecular formula is C13H23IN4O2. The van der Waals surface area contributed by atoms with Gasteiger partial charge in [-0.05, 0) is 12.1 Å². The predicted molar refractivity (Wildman–Crippen MR) is 90.5 cm³/mol. The van der Waals surface area contributed by atoms with E-state index < -0.39 is 0 Å². The Morgan fingerprint density at radius 3 is 2.75 bits per heavy atom. The number of ether oxygens (including phenoxy) is 2. The molecule has 0 fully saturated rings. The van der Waals surface area contributed by atoms with Crippen LogP contribution in [-0.4, -0.2) is 51.5 Å². The van der Waals surface area contributed by atoms with Crippen LogP contribution in [0.25, 0.3) is 0 Å². The number of guanidine groups is 1. The molecule has 0 aliphatic rings. The lowest BCUT2D eigenvalue weighted by Gasteiger charge is -2.11. The largest absolute Gasteiger partial charge is 0.382 e. The molecule has 0 radical (unpaired) electrons. The van der Waals surface area contributed by atoms with E-state index in [1.54, 1.807) is 20.4 Å². The van der Waals surface area contributed by atoms with Crippen LogP contribution in [0, 0.1) is 0 Å². The van der Waals surface area contributed by atoms with E-state index in [9.17, 15) is 0 Å². The summed E-state index contributed by atoms with van der Waals surface area (Å²) in [6.07, 6.45) is 1.77. The standard InChI is InChI=1S/C13H22N4O2.HI/c1-14-13(16-7-8-19-10-9-18-2)17-11-12-5-3-4-6-15-12;/h3-6H,7-11H2,1-2H3,(H2,14,16,17);1H. The van der Waals surface area contributed by atoms with Crippen molar-refractivity contribution in [3.63, 3.8) is 0 Å². The fraction of sp³-hybridized carbons (Fsp3) is 0.538. The molecule has 0 aromatic carbocycles. The van der Waals surface area contributed by atoms with Gasteiger partial charge in [0.25, 0.3) is 0 Å². The van der Waals surface area contributed by atoms with E-state index in [1.165, 1.54) is 0 Å². The van der Waals surface area contributed by atoms with Gasteiger partial charge in [-0.3, -0.25) is 9.98 Å². The second-order valence-corrected chi connectivity index (χ2v) is 3.78. The lowest BCUT2D eigenvalue weighted by molar-refractivity contribution is 0.0733. The average Bonchev–Trinajstić information content (AvgIpc) is 2.47. The molecule has 0 aliphatic carbocycles. The summed E-state index contributed by atoms with van der Waals surface area (Å²) in [5, 5.41) is 6.35. The van der Waals surface area contributed by atoms with E-state index in [4.69, 9.17) is 9.47 Å². The summed E-state index contributed by atoms with van der Waals surface area (Å²) >= 11 is 0. The molecule has 0 saturated carbocycles. The minimum absolute atomic E-state index is 0. The van der Waals surface area contributed by atoms with Gasteiger partial charge >= 0.3 is 0 Å². The first-order valence-corrected chi connectivity index (χ1v) is 6.28. The van der Waals surface area contributed by atoms with Crippen molar-refractivity contribution < 1.29 is 9.47 Å². The van der Waals surface area contributed by atoms with Crippen LogP contribution in [0.3, 0.4) is 0 Å². The van der Waals surface area contributed by atoms with Crippen molar-refractivity contribution in [1.82, 2.24) is 15.6 Å². The number of aliphatic imine (C=N–C) groups is 1. The Kier molecular flexibility index (Phi) is 12.5. The Labute approximate surface area is 137 Å². The molecule has 20 heavy (non-hydrogen) atoms. The van der Waals surface area contributed by atoms with Crippen LogP contribution in [0.1, 0.15) is 5.69 Å². The van der Waals surface area contributed by atoms with E-state index in [-0.39, 0.29) is 24.0 Å². The summed E-state index contributed by atoms with van der Waals surface area (Å²) < 4.78 is 10.2. The molecule has 7 heteroatoms. The van der Waals surface area contributed by atoms with Gasteiger partial charge in [0.1, 0.15) is 0 Å². The van der Waals surface area contributed by atoms with Gasteiger partial charge in [-0.15, -0.1) is 24.0 Å². The Balaban J connectivity index is 0.00000361. The third kappa shape index (κ3) is 9.05. The number of hydrogen-bond donors (Lipinski definition) is 2. The lowest BCUT2D eigenvalue weighted by atomic mass is 10.3. The van der Waals surface area contributed by atoms with E-state index in [0.29, 0.717) is 32.9 Å². The highest BCUT2D eigenvalue weighted by Crippen LogP contribution is 1.91. The lowest BCUT2D eigenvalue weighted by Crippen LogP contribution is -2.38. The molecule has 1 rings (SSSR count). The molecule has 0 aliphatic heterocycles. The fourth-order valence-corrected chi connectivity index (χ4v) is 1.38. The predicted octanol–water partition coefficient (Wildman–Crippen LogP) is 1.03. The molecular weight excluding hydrogens is 371 g/mol. The zero-order chi connectivity index (χ0) is 13.8. The highest BCUT2D eigenvalue weighted by atomic mass is 127. The minimum Gasteiger partial charge on any atom is -0.382 e. The summed E-state index contributed by atoms with van der Waals surface area (Å²) in [5.74, 6) is 0.737. The van der Waals surface area contributed by atoms with Crippen molar-refractivity contribution in [3.05, 3.63) is 30.1 Å². The van der Waals surface area contributed by atoms with E-state index >= 15 is 0 Å². The van der Waals surface area contributed by atoms with E-state index in [0.717, 1.165) is 11.7 Å². The Morgan fingerprint density at radius 2 is 2.10 bits per heavy atom. The van der Waals surface area contributed by atoms with Crippen molar-refractivity contribution >= 4 is 29.9 Å². The van der Waals surface area contributed by atoms with Crippen LogP contribution < -0.4 is 10.6 Å². The quantitative estimate of drug-likeness (QED) is 0.298. The van der Waals surface area contributed by atoms with E-state index in [2.05, 4.69) is 20.6 Å². The molecule has 0 saturated heterocycles. The summed E-state index contributed by atoms with van der Waals surface area (Å²) in [6, 6.07) is 5.83. The molecule has 0 amide bonds. The zero-order valence-corrected chi connectivity index (χ0v) is 14.3. The second kappa shape index (κ2) is 13.1. The van der Waals surface area contributed by atoms with Crippen molar-refractivity contribution in [2.45, 2.75) is 6.54 Å². The molecule has 1 heterocycles. The molecule has 6 nitrogen and oxygen atoms in total. The van der Waals surface area contributed by atoms with Gasteiger partial charge in [0.05, 0.1) is 32.1 Å². The number of nitrogens with zero attached hydrogens (tertiary/aromatic N) is 2. The minimum atomic E-state index is 0. The molecule has 0 spiro atoms. The molecule has 1 aromatic heterocycles. The van der Waals surface area contributed by atoms with Gasteiger partial charge in [-0.25, -0.2) is 0 Å². The van der Waals surface area contributed by atoms with Crippen molar-refractivity contribution in [2.75, 3.05) is 40.5 Å². The highest BCUT2D eigenvalue weighted by Gasteiger charge is 1.98. The fourth-order valence-electron chi connectivity index (χ4n) is 1.38. The third-order valence-corrected chi connectivity index (χ3v) is 2.36. The van der Waals surface area contributed by atoms with Gasteiger partial charge in [0, 0.05) is 26.9 Å². The average molecular weight is 394 g/mol. The smallest absolute Gasteiger partial charge is 0.191 e. The van der Waals surface area contributed by atoms with Crippen molar-refractivity contribution in [1.29, 1.82) is 0 Å². The van der Waals surface area contributed by atoms with Crippen LogP contribution in [0.2, 0.25) is 0 Å². The number of aromatic nitrogens is 1. The summed E-state index contributed by atoms with van der Waals surface area (Å²) in [5.41, 5.74) is 0.974. The molecule has 114 valence electrons. The molecule has 0 atom stereocenters. The first-order valence-electron chi connectivity index (χ1n) is 6.28. The first-order chi connectivity index (χ1) is 9.36. The summed E-state index contributed by atoms with van der Waals surface area (Å²) in [4.78, 5) is 8.35. The molecule has 0 unspecified atom stereocenters. The van der Waals surface area contributed by atoms with Crippen LogP contribution in [0.4, 0.5) is 0 Å². The van der Waals surface area contributed by atoms with Crippen LogP contribution in [0.15, 0.2) is 29.4 Å². The molecule has 0 bridgehead atoms. The molecule has 1 aromatic rings. The summed E-state index contributed by atoms with van der Waals surface area (Å²) in [7, 11) is 3.39. The van der Waals surface area contributed by atoms with Crippen molar-refractivity contribution in [2.24, 2.45) is 4.99 Å². The van der Waals surface area contributed by atoms with Gasteiger partial charge in [-0.1, -0.05) is 6.07 Å². The maximum Gasteiger partial charge on any atom is 0.191 e. The van der Waals surface area contributed by atoms with Crippen LogP contribution in [0.5, 0.6) is 0 Å². The number of hydrogen-bond acceptors (Lipinski definition) is 4. The maximum absolute atomic E-state index is 5.35. The number of nitrogens with one attached hydrogen (secondary N) is 2. The van der Waals surface area contributed by atoms with Gasteiger partial charge in [-0.2, -0.15) is 0 Å². The van der Waals surface area contributed by atoms with Gasteiger partial charge in [0.2, 0.25) is 0 Å². The zero-order valence-electron chi connectivity index (χ0n) is 12.0. The van der Waals surface area contributed by atoms with E-state index in [1.807, 2.05) is 18.2 Å². The third-order valence-electron chi connectivity index (χ3n) is 2.36. The van der Waals surface area contributed by atoms with Gasteiger partial charge < -0.3 is 20.1 Å². The molecule has 2 N–H and O–H groups in total. The van der Waals surface area contributed by atoms with Crippen molar-refractivity contribution in [3.8, 4) is 0 Å². The Hall–Kier alpha value is -0.930. The number of methoxy groups -OCH3 is 1. The first kappa shape index (κ1) is 19.1. The topological polar surface area (TPSA) is 67.8 Å². The Bertz CT molecular complexity index is 363. The number of rotatable bonds is 8. The second-order valence-electron chi connectivity index (χ2n) is 3.78. The Morgan fingerprint density at radius 1 is 1.25 bits per heavy atom. The van der Waals surface area contributed by atoms with Gasteiger partial charge in [0.15, 0.2) is 5.96 Å². The van der Waals surface area contributed by atoms with Crippen LogP contribution >= 0.6 is 24.0 Å². The normalized spacial score (nSPS) is 10.8. The van der Waals surface area contributed by atoms with Crippen LogP contribution in [-0.2, 0) is 16.0 Å². The monoisotopic (exact) mass is 394 g/mol. The summed E-state index contributed by atoms with van der Waals surface area (Å²) in [6.45, 7) is 3.19. The number of pyridine rings is 1.